The molecule has 0 fully saturated rings. The number of rotatable bonds is 5. The van der Waals surface area contributed by atoms with Crippen LogP contribution in [0.15, 0.2) is 60.8 Å². The van der Waals surface area contributed by atoms with Crippen molar-refractivity contribution in [2.24, 2.45) is 7.05 Å². The van der Waals surface area contributed by atoms with Gasteiger partial charge >= 0.3 is 0 Å². The monoisotopic (exact) mass is 337 g/mol. The third-order valence-corrected chi connectivity index (χ3v) is 4.26. The molecule has 3 aromatic rings. The van der Waals surface area contributed by atoms with E-state index in [4.69, 9.17) is 0 Å². The average molecular weight is 337 g/mol. The normalized spacial score (nSPS) is 12.0. The summed E-state index contributed by atoms with van der Waals surface area (Å²) >= 11 is 0. The zero-order valence-electron chi connectivity index (χ0n) is 14.2. The van der Waals surface area contributed by atoms with E-state index in [1.165, 1.54) is 12.1 Å². The third kappa shape index (κ3) is 3.60. The van der Waals surface area contributed by atoms with Crippen molar-refractivity contribution >= 4 is 5.91 Å². The molecular weight excluding hydrogens is 317 g/mol. The standard InChI is InChI=1S/C20H20FN3O/c1-3-18(19-12-13-22-24(19)2)23-20(25)17-7-5-4-6-16(17)14-8-10-15(21)11-9-14/h4-13,18H,3H2,1-2H3,(H,23,25)/t18-/m1/s1. The van der Waals surface area contributed by atoms with Crippen LogP contribution in [0.5, 0.6) is 0 Å². The van der Waals surface area contributed by atoms with Crippen molar-refractivity contribution in [3.8, 4) is 11.1 Å². The SMILES string of the molecule is CC[C@@H](NC(=O)c1ccccc1-c1ccc(F)cc1)c1ccnn1C. The topological polar surface area (TPSA) is 46.9 Å². The van der Waals surface area contributed by atoms with Crippen LogP contribution in [-0.4, -0.2) is 15.7 Å². The van der Waals surface area contributed by atoms with Gasteiger partial charge in [-0.1, -0.05) is 37.3 Å². The van der Waals surface area contributed by atoms with Crippen LogP contribution in [0.1, 0.15) is 35.4 Å². The van der Waals surface area contributed by atoms with Gasteiger partial charge in [-0.2, -0.15) is 5.10 Å². The van der Waals surface area contributed by atoms with Gasteiger partial charge in [0.15, 0.2) is 0 Å². The minimum Gasteiger partial charge on any atom is -0.344 e. The zero-order valence-corrected chi connectivity index (χ0v) is 14.2. The molecular formula is C20H20FN3O. The van der Waals surface area contributed by atoms with Gasteiger partial charge < -0.3 is 5.32 Å². The first-order valence-electron chi connectivity index (χ1n) is 8.24. The number of aryl methyl sites for hydroxylation is 1. The van der Waals surface area contributed by atoms with Crippen molar-refractivity contribution in [2.45, 2.75) is 19.4 Å². The molecule has 0 radical (unpaired) electrons. The van der Waals surface area contributed by atoms with E-state index >= 15 is 0 Å². The number of aromatic nitrogens is 2. The average Bonchev–Trinajstić information content (AvgIpc) is 3.06. The van der Waals surface area contributed by atoms with Gasteiger partial charge in [0, 0.05) is 18.8 Å². The summed E-state index contributed by atoms with van der Waals surface area (Å²) in [6.45, 7) is 2.02. The number of carbonyl (C=O) groups excluding carboxylic acids is 1. The molecule has 1 N–H and O–H groups in total. The Bertz CT molecular complexity index is 871. The molecule has 25 heavy (non-hydrogen) atoms. The zero-order chi connectivity index (χ0) is 17.8. The maximum Gasteiger partial charge on any atom is 0.252 e. The summed E-state index contributed by atoms with van der Waals surface area (Å²) in [4.78, 5) is 12.9. The van der Waals surface area contributed by atoms with Crippen LogP contribution in [0.2, 0.25) is 0 Å². The van der Waals surface area contributed by atoms with Crippen molar-refractivity contribution in [2.75, 3.05) is 0 Å². The Morgan fingerprint density at radius 1 is 1.16 bits per heavy atom. The summed E-state index contributed by atoms with van der Waals surface area (Å²) in [7, 11) is 1.86. The lowest BCUT2D eigenvalue weighted by molar-refractivity contribution is 0.0934. The maximum absolute atomic E-state index is 13.2. The molecule has 1 aromatic heterocycles. The Balaban J connectivity index is 1.90. The Hall–Kier alpha value is -2.95. The highest BCUT2D eigenvalue weighted by atomic mass is 19.1. The van der Waals surface area contributed by atoms with E-state index in [-0.39, 0.29) is 17.8 Å². The molecule has 5 heteroatoms. The molecule has 4 nitrogen and oxygen atoms in total. The first-order chi connectivity index (χ1) is 12.1. The second-order valence-electron chi connectivity index (χ2n) is 5.87. The minimum atomic E-state index is -0.298. The molecule has 0 saturated carbocycles. The van der Waals surface area contributed by atoms with Crippen LogP contribution in [0.25, 0.3) is 11.1 Å². The summed E-state index contributed by atoms with van der Waals surface area (Å²) in [5, 5.41) is 7.24. The van der Waals surface area contributed by atoms with Crippen LogP contribution >= 0.6 is 0 Å². The number of carbonyl (C=O) groups is 1. The lowest BCUT2D eigenvalue weighted by Crippen LogP contribution is -2.29. The lowest BCUT2D eigenvalue weighted by Gasteiger charge is -2.18. The van der Waals surface area contributed by atoms with Crippen LogP contribution in [0, 0.1) is 5.82 Å². The highest BCUT2D eigenvalue weighted by Crippen LogP contribution is 2.25. The molecule has 1 atom stereocenters. The molecule has 128 valence electrons. The number of benzene rings is 2. The molecule has 0 saturated heterocycles. The molecule has 0 unspecified atom stereocenters. The maximum atomic E-state index is 13.2. The summed E-state index contributed by atoms with van der Waals surface area (Å²) in [6, 6.07) is 15.3. The highest BCUT2D eigenvalue weighted by molar-refractivity contribution is 6.01. The second-order valence-corrected chi connectivity index (χ2v) is 5.87. The largest absolute Gasteiger partial charge is 0.344 e. The summed E-state index contributed by atoms with van der Waals surface area (Å²) in [6.07, 6.45) is 2.47. The van der Waals surface area contributed by atoms with Gasteiger partial charge in [0.05, 0.1) is 11.7 Å². The molecule has 1 heterocycles. The number of nitrogens with one attached hydrogen (secondary N) is 1. The third-order valence-electron chi connectivity index (χ3n) is 4.26. The quantitative estimate of drug-likeness (QED) is 0.762. The molecule has 1 amide bonds. The fourth-order valence-corrected chi connectivity index (χ4v) is 2.91. The van der Waals surface area contributed by atoms with Crippen LogP contribution in [0.3, 0.4) is 0 Å². The lowest BCUT2D eigenvalue weighted by atomic mass is 9.98. The van der Waals surface area contributed by atoms with E-state index in [0.29, 0.717) is 5.56 Å². The van der Waals surface area contributed by atoms with Crippen molar-refractivity contribution in [1.29, 1.82) is 0 Å². The minimum absolute atomic E-state index is 0.124. The van der Waals surface area contributed by atoms with Gasteiger partial charge in [0.25, 0.3) is 5.91 Å². The summed E-state index contributed by atoms with van der Waals surface area (Å²) < 4.78 is 15.0. The van der Waals surface area contributed by atoms with Crippen molar-refractivity contribution < 1.29 is 9.18 Å². The summed E-state index contributed by atoms with van der Waals surface area (Å²) in [5.41, 5.74) is 3.10. The Morgan fingerprint density at radius 3 is 2.52 bits per heavy atom. The number of halogens is 1. The van der Waals surface area contributed by atoms with E-state index in [9.17, 15) is 9.18 Å². The number of hydrogen-bond acceptors (Lipinski definition) is 2. The number of amides is 1. The molecule has 2 aromatic carbocycles. The van der Waals surface area contributed by atoms with Gasteiger partial charge in [-0.25, -0.2) is 4.39 Å². The number of nitrogens with zero attached hydrogens (tertiary/aromatic N) is 2. The first kappa shape index (κ1) is 16.9. The molecule has 3 rings (SSSR count). The van der Waals surface area contributed by atoms with Crippen LogP contribution in [-0.2, 0) is 7.05 Å². The molecule has 0 aliphatic rings. The first-order valence-corrected chi connectivity index (χ1v) is 8.24. The predicted octanol–water partition coefficient (Wildman–Crippen LogP) is 4.11. The van der Waals surface area contributed by atoms with Crippen LogP contribution in [0.4, 0.5) is 4.39 Å². The predicted molar refractivity (Wildman–Crippen MR) is 95.5 cm³/mol. The Kier molecular flexibility index (Phi) is 4.93. The Morgan fingerprint density at radius 2 is 1.88 bits per heavy atom. The van der Waals surface area contributed by atoms with E-state index in [2.05, 4.69) is 10.4 Å². The van der Waals surface area contributed by atoms with Crippen molar-refractivity contribution in [3.05, 3.63) is 77.9 Å². The van der Waals surface area contributed by atoms with Crippen molar-refractivity contribution in [1.82, 2.24) is 15.1 Å². The second kappa shape index (κ2) is 7.30. The smallest absolute Gasteiger partial charge is 0.252 e. The molecule has 0 bridgehead atoms. The molecule has 0 spiro atoms. The number of hydrogen-bond donors (Lipinski definition) is 1. The van der Waals surface area contributed by atoms with E-state index < -0.39 is 0 Å². The van der Waals surface area contributed by atoms with Gasteiger partial charge in [-0.3, -0.25) is 9.48 Å². The van der Waals surface area contributed by atoms with Crippen LogP contribution < -0.4 is 5.32 Å². The molecule has 0 aliphatic heterocycles. The fraction of sp³-hybridized carbons (Fsp3) is 0.200. The van der Waals surface area contributed by atoms with E-state index in [0.717, 1.165) is 23.2 Å². The highest BCUT2D eigenvalue weighted by Gasteiger charge is 2.19. The molecule has 0 aliphatic carbocycles. The summed E-state index contributed by atoms with van der Waals surface area (Å²) in [5.74, 6) is -0.457. The Labute approximate surface area is 146 Å². The van der Waals surface area contributed by atoms with Gasteiger partial charge in [0.1, 0.15) is 5.82 Å². The fourth-order valence-electron chi connectivity index (χ4n) is 2.91. The van der Waals surface area contributed by atoms with Gasteiger partial charge in [0.2, 0.25) is 0 Å². The van der Waals surface area contributed by atoms with Gasteiger partial charge in [-0.05, 0) is 41.8 Å². The van der Waals surface area contributed by atoms with Crippen molar-refractivity contribution in [3.63, 3.8) is 0 Å². The van der Waals surface area contributed by atoms with E-state index in [1.54, 1.807) is 29.1 Å². The van der Waals surface area contributed by atoms with Gasteiger partial charge in [-0.15, -0.1) is 0 Å². The van der Waals surface area contributed by atoms with E-state index in [1.807, 2.05) is 38.2 Å².